The Balaban J connectivity index is 2.08. The molecule has 0 spiro atoms. The summed E-state index contributed by atoms with van der Waals surface area (Å²) in [7, 11) is 4.02. The van der Waals surface area contributed by atoms with E-state index in [2.05, 4.69) is 21.7 Å². The van der Waals surface area contributed by atoms with Gasteiger partial charge < -0.3 is 10.2 Å². The molecule has 2 rings (SSSR count). The molecule has 0 aliphatic heterocycles. The Morgan fingerprint density at radius 2 is 2.18 bits per heavy atom. The molecule has 0 unspecified atom stereocenters. The van der Waals surface area contributed by atoms with Gasteiger partial charge in [0.25, 0.3) is 5.91 Å². The fourth-order valence-corrected chi connectivity index (χ4v) is 3.50. The van der Waals surface area contributed by atoms with Gasteiger partial charge in [-0.1, -0.05) is 11.6 Å². The standard InChI is InChI=1S/C16H19ClN2OS2/c1-19(2)15(11-6-7-22-10-11)9-18-16(20)13-8-12(21-3)4-5-14(13)17/h4-8,10,15H,9H2,1-3H3,(H,18,20)/t15-/m1/s1. The highest BCUT2D eigenvalue weighted by atomic mass is 35.5. The van der Waals surface area contributed by atoms with Crippen molar-refractivity contribution in [3.63, 3.8) is 0 Å². The second-order valence-corrected chi connectivity index (χ2v) is 7.16. The second-order valence-electron chi connectivity index (χ2n) is 5.09. The third kappa shape index (κ3) is 4.26. The Labute approximate surface area is 144 Å². The molecule has 3 nitrogen and oxygen atoms in total. The summed E-state index contributed by atoms with van der Waals surface area (Å²) in [5, 5.41) is 7.63. The van der Waals surface area contributed by atoms with Gasteiger partial charge in [-0.3, -0.25) is 4.79 Å². The van der Waals surface area contributed by atoms with Crippen molar-refractivity contribution in [2.45, 2.75) is 10.9 Å². The lowest BCUT2D eigenvalue weighted by atomic mass is 10.1. The van der Waals surface area contributed by atoms with E-state index in [4.69, 9.17) is 11.6 Å². The topological polar surface area (TPSA) is 32.3 Å². The summed E-state index contributed by atoms with van der Waals surface area (Å²) < 4.78 is 0. The van der Waals surface area contributed by atoms with E-state index in [1.165, 1.54) is 5.56 Å². The smallest absolute Gasteiger partial charge is 0.252 e. The van der Waals surface area contributed by atoms with Gasteiger partial charge in [-0.05, 0) is 60.9 Å². The van der Waals surface area contributed by atoms with Gasteiger partial charge in [0.1, 0.15) is 0 Å². The van der Waals surface area contributed by atoms with E-state index in [1.807, 2.05) is 37.9 Å². The molecule has 0 aliphatic carbocycles. The minimum Gasteiger partial charge on any atom is -0.350 e. The molecule has 118 valence electrons. The van der Waals surface area contributed by atoms with E-state index < -0.39 is 0 Å². The first-order valence-corrected chi connectivity index (χ1v) is 9.37. The number of thiophene rings is 1. The van der Waals surface area contributed by atoms with Crippen LogP contribution in [-0.2, 0) is 0 Å². The highest BCUT2D eigenvalue weighted by Crippen LogP contribution is 2.24. The molecule has 0 fully saturated rings. The van der Waals surface area contributed by atoms with E-state index in [9.17, 15) is 4.79 Å². The van der Waals surface area contributed by atoms with Crippen LogP contribution in [0.25, 0.3) is 0 Å². The minimum atomic E-state index is -0.136. The van der Waals surface area contributed by atoms with E-state index in [-0.39, 0.29) is 11.9 Å². The number of carbonyl (C=O) groups excluding carboxylic acids is 1. The van der Waals surface area contributed by atoms with Crippen molar-refractivity contribution in [2.24, 2.45) is 0 Å². The molecule has 0 aliphatic rings. The van der Waals surface area contributed by atoms with Crippen molar-refractivity contribution in [1.29, 1.82) is 0 Å². The zero-order chi connectivity index (χ0) is 16.1. The van der Waals surface area contributed by atoms with E-state index >= 15 is 0 Å². The molecule has 6 heteroatoms. The van der Waals surface area contributed by atoms with Crippen LogP contribution in [0, 0.1) is 0 Å². The number of nitrogens with one attached hydrogen (secondary N) is 1. The minimum absolute atomic E-state index is 0.136. The van der Waals surface area contributed by atoms with Crippen LogP contribution in [0.4, 0.5) is 0 Å². The Bertz CT molecular complexity index is 629. The maximum Gasteiger partial charge on any atom is 0.252 e. The average Bonchev–Trinajstić information content (AvgIpc) is 3.01. The van der Waals surface area contributed by atoms with Gasteiger partial charge in [0.2, 0.25) is 0 Å². The number of benzene rings is 1. The predicted molar refractivity (Wildman–Crippen MR) is 96.3 cm³/mol. The van der Waals surface area contributed by atoms with Gasteiger partial charge in [0, 0.05) is 11.4 Å². The van der Waals surface area contributed by atoms with Gasteiger partial charge in [0.15, 0.2) is 0 Å². The normalized spacial score (nSPS) is 12.4. The number of amides is 1. The summed E-state index contributed by atoms with van der Waals surface area (Å²) >= 11 is 9.40. The summed E-state index contributed by atoms with van der Waals surface area (Å²) in [4.78, 5) is 15.5. The summed E-state index contributed by atoms with van der Waals surface area (Å²) in [6, 6.07) is 7.75. The molecule has 2 aromatic rings. The number of hydrogen-bond acceptors (Lipinski definition) is 4. The van der Waals surface area contributed by atoms with Crippen LogP contribution in [0.1, 0.15) is 22.0 Å². The van der Waals surface area contributed by atoms with Crippen LogP contribution in [0.5, 0.6) is 0 Å². The molecular formula is C16H19ClN2OS2. The van der Waals surface area contributed by atoms with Gasteiger partial charge in [-0.2, -0.15) is 11.3 Å². The number of hydrogen-bond donors (Lipinski definition) is 1. The lowest BCUT2D eigenvalue weighted by Crippen LogP contribution is -2.34. The predicted octanol–water partition coefficient (Wildman–Crippen LogP) is 4.16. The van der Waals surface area contributed by atoms with E-state index in [1.54, 1.807) is 29.2 Å². The van der Waals surface area contributed by atoms with Gasteiger partial charge in [-0.25, -0.2) is 0 Å². The Morgan fingerprint density at radius 1 is 1.41 bits per heavy atom. The lowest BCUT2D eigenvalue weighted by Gasteiger charge is -2.24. The molecule has 0 radical (unpaired) electrons. The molecule has 22 heavy (non-hydrogen) atoms. The summed E-state index contributed by atoms with van der Waals surface area (Å²) in [6.45, 7) is 0.544. The molecule has 1 amide bonds. The van der Waals surface area contributed by atoms with Crippen molar-refractivity contribution < 1.29 is 4.79 Å². The first-order valence-electron chi connectivity index (χ1n) is 6.83. The van der Waals surface area contributed by atoms with Crippen LogP contribution in [0.15, 0.2) is 39.9 Å². The lowest BCUT2D eigenvalue weighted by molar-refractivity contribution is 0.0942. The Morgan fingerprint density at radius 3 is 2.77 bits per heavy atom. The number of likely N-dealkylation sites (N-methyl/N-ethyl adjacent to an activating group) is 1. The first kappa shape index (κ1) is 17.3. The van der Waals surface area contributed by atoms with Crippen molar-refractivity contribution in [1.82, 2.24) is 10.2 Å². The van der Waals surface area contributed by atoms with Crippen LogP contribution in [0.2, 0.25) is 5.02 Å². The maximum absolute atomic E-state index is 12.4. The van der Waals surface area contributed by atoms with Crippen LogP contribution in [0.3, 0.4) is 0 Å². The zero-order valence-corrected chi connectivity index (χ0v) is 15.2. The van der Waals surface area contributed by atoms with E-state index in [0.717, 1.165) is 4.90 Å². The molecule has 0 saturated heterocycles. The molecule has 1 atom stereocenters. The second kappa shape index (κ2) is 8.02. The molecule has 1 aromatic carbocycles. The SMILES string of the molecule is CSc1ccc(Cl)c(C(=O)NC[C@H](c2ccsc2)N(C)C)c1. The van der Waals surface area contributed by atoms with Crippen LogP contribution >= 0.6 is 34.7 Å². The monoisotopic (exact) mass is 354 g/mol. The third-order valence-electron chi connectivity index (χ3n) is 3.43. The fourth-order valence-electron chi connectivity index (χ4n) is 2.15. The maximum atomic E-state index is 12.4. The summed E-state index contributed by atoms with van der Waals surface area (Å²) in [5.74, 6) is -0.136. The summed E-state index contributed by atoms with van der Waals surface area (Å²) in [6.07, 6.45) is 1.98. The Hall–Kier alpha value is -1.01. The van der Waals surface area contributed by atoms with E-state index in [0.29, 0.717) is 17.1 Å². The van der Waals surface area contributed by atoms with Crippen LogP contribution in [-0.4, -0.2) is 37.7 Å². The number of halogens is 1. The Kier molecular flexibility index (Phi) is 6.32. The molecule has 0 bridgehead atoms. The van der Waals surface area contributed by atoms with Crippen molar-refractivity contribution >= 4 is 40.6 Å². The third-order valence-corrected chi connectivity index (χ3v) is 5.18. The number of nitrogens with zero attached hydrogens (tertiary/aromatic N) is 1. The fraction of sp³-hybridized carbons (Fsp3) is 0.312. The average molecular weight is 355 g/mol. The highest BCUT2D eigenvalue weighted by molar-refractivity contribution is 7.98. The highest BCUT2D eigenvalue weighted by Gasteiger charge is 2.17. The van der Waals surface area contributed by atoms with Gasteiger partial charge >= 0.3 is 0 Å². The molecule has 1 heterocycles. The quantitative estimate of drug-likeness (QED) is 0.791. The molecule has 1 N–H and O–H groups in total. The van der Waals surface area contributed by atoms with Gasteiger partial charge in [-0.15, -0.1) is 11.8 Å². The number of rotatable bonds is 6. The van der Waals surface area contributed by atoms with Gasteiger partial charge in [0.05, 0.1) is 16.6 Å². The van der Waals surface area contributed by atoms with Crippen molar-refractivity contribution in [2.75, 3.05) is 26.9 Å². The van der Waals surface area contributed by atoms with Crippen LogP contribution < -0.4 is 5.32 Å². The van der Waals surface area contributed by atoms with Crippen molar-refractivity contribution in [3.05, 3.63) is 51.2 Å². The number of carbonyl (C=O) groups is 1. The first-order chi connectivity index (χ1) is 10.5. The molecular weight excluding hydrogens is 336 g/mol. The van der Waals surface area contributed by atoms with Crippen molar-refractivity contribution in [3.8, 4) is 0 Å². The molecule has 0 saturated carbocycles. The molecule has 1 aromatic heterocycles. The zero-order valence-electron chi connectivity index (χ0n) is 12.8. The number of thioether (sulfide) groups is 1. The largest absolute Gasteiger partial charge is 0.350 e. The summed E-state index contributed by atoms with van der Waals surface area (Å²) in [5.41, 5.74) is 1.73.